The minimum Gasteiger partial charge on any atom is -0.476 e. The number of amides is 1. The maximum atomic E-state index is 12.8. The summed E-state index contributed by atoms with van der Waals surface area (Å²) in [5, 5.41) is 8.46. The van der Waals surface area contributed by atoms with Crippen molar-refractivity contribution in [2.75, 3.05) is 16.0 Å². The van der Waals surface area contributed by atoms with Crippen LogP contribution in [-0.4, -0.2) is 35.1 Å². The number of sulfone groups is 1. The summed E-state index contributed by atoms with van der Waals surface area (Å²) in [7, 11) is -3.50. The highest BCUT2D eigenvalue weighted by atomic mass is 79.9. The van der Waals surface area contributed by atoms with Crippen LogP contribution in [0.4, 0.5) is 28.8 Å². The number of ether oxygens (including phenoxy) is 1. The number of nitrogens with one attached hydrogen (secondary N) is 3. The van der Waals surface area contributed by atoms with Gasteiger partial charge in [0.15, 0.2) is 15.4 Å². The van der Waals surface area contributed by atoms with Crippen molar-refractivity contribution in [3.63, 3.8) is 0 Å². The molecule has 0 bridgehead atoms. The third-order valence-electron chi connectivity index (χ3n) is 5.21. The average molecular weight is 546 g/mol. The number of nitrogens with zero attached hydrogens (tertiary/aromatic N) is 2. The number of fused-ring (bicyclic) bond motifs is 1. The molecular formula is C23H24BrN5O4S. The minimum atomic E-state index is -3.50. The molecule has 9 nitrogen and oxygen atoms in total. The second-order valence-electron chi connectivity index (χ2n) is 8.51. The molecule has 0 saturated heterocycles. The number of hydrogen-bond donors (Lipinski definition) is 3. The van der Waals surface area contributed by atoms with E-state index < -0.39 is 20.7 Å². The normalized spacial score (nSPS) is 14.7. The summed E-state index contributed by atoms with van der Waals surface area (Å²) in [4.78, 5) is 21.2. The van der Waals surface area contributed by atoms with Crippen LogP contribution >= 0.6 is 15.9 Å². The largest absolute Gasteiger partial charge is 0.476 e. The van der Waals surface area contributed by atoms with E-state index in [4.69, 9.17) is 4.74 Å². The van der Waals surface area contributed by atoms with Crippen LogP contribution in [0.15, 0.2) is 58.0 Å². The van der Waals surface area contributed by atoms with E-state index in [1.54, 1.807) is 76.4 Å². The van der Waals surface area contributed by atoms with Gasteiger partial charge in [-0.05, 0) is 74.0 Å². The van der Waals surface area contributed by atoms with Gasteiger partial charge in [0, 0.05) is 11.9 Å². The highest BCUT2D eigenvalue weighted by Crippen LogP contribution is 2.36. The van der Waals surface area contributed by atoms with Gasteiger partial charge < -0.3 is 20.7 Å². The highest BCUT2D eigenvalue weighted by molar-refractivity contribution is 9.10. The third-order valence-corrected chi connectivity index (χ3v) is 8.00. The van der Waals surface area contributed by atoms with Gasteiger partial charge in [0.25, 0.3) is 5.91 Å². The maximum Gasteiger partial charge on any atom is 0.268 e. The van der Waals surface area contributed by atoms with Crippen molar-refractivity contribution >= 4 is 60.5 Å². The van der Waals surface area contributed by atoms with Crippen molar-refractivity contribution in [1.29, 1.82) is 0 Å². The first-order chi connectivity index (χ1) is 16.0. The molecule has 0 aliphatic carbocycles. The Labute approximate surface area is 206 Å². The topological polar surface area (TPSA) is 122 Å². The Morgan fingerprint density at radius 1 is 1.12 bits per heavy atom. The summed E-state index contributed by atoms with van der Waals surface area (Å²) in [5.74, 6) is 0.995. The van der Waals surface area contributed by atoms with Crippen LogP contribution < -0.4 is 20.7 Å². The molecule has 1 aromatic heterocycles. The van der Waals surface area contributed by atoms with E-state index in [1.807, 2.05) is 0 Å². The van der Waals surface area contributed by atoms with E-state index >= 15 is 0 Å². The molecule has 3 aromatic rings. The van der Waals surface area contributed by atoms with Crippen molar-refractivity contribution in [3.8, 4) is 5.75 Å². The van der Waals surface area contributed by atoms with Gasteiger partial charge in [-0.3, -0.25) is 4.79 Å². The van der Waals surface area contributed by atoms with Crippen molar-refractivity contribution in [1.82, 2.24) is 9.97 Å². The molecule has 0 saturated carbocycles. The predicted molar refractivity (Wildman–Crippen MR) is 135 cm³/mol. The molecule has 3 N–H and O–H groups in total. The van der Waals surface area contributed by atoms with Crippen molar-refractivity contribution in [2.45, 2.75) is 43.4 Å². The highest BCUT2D eigenvalue weighted by Gasteiger charge is 2.35. The fourth-order valence-corrected chi connectivity index (χ4v) is 4.72. The fourth-order valence-electron chi connectivity index (χ4n) is 3.23. The van der Waals surface area contributed by atoms with Gasteiger partial charge in [-0.15, -0.1) is 0 Å². The molecule has 1 aliphatic rings. The van der Waals surface area contributed by atoms with E-state index in [1.165, 1.54) is 0 Å². The SMILES string of the molecule is CC(C)S(=O)(=O)c1ccccc1Nc1nc(Nc2ccc3c(c2)NC(=O)C(C)(C)O3)ncc1Br. The third kappa shape index (κ3) is 4.71. The average Bonchev–Trinajstić information content (AvgIpc) is 2.77. The van der Waals surface area contributed by atoms with Crippen LogP contribution in [-0.2, 0) is 14.6 Å². The summed E-state index contributed by atoms with van der Waals surface area (Å²) in [6.45, 7) is 6.68. The van der Waals surface area contributed by atoms with Crippen molar-refractivity contribution < 1.29 is 17.9 Å². The zero-order valence-electron chi connectivity index (χ0n) is 19.0. The molecule has 2 aromatic carbocycles. The molecule has 4 rings (SSSR count). The minimum absolute atomic E-state index is 0.193. The lowest BCUT2D eigenvalue weighted by Gasteiger charge is -2.31. The summed E-state index contributed by atoms with van der Waals surface area (Å²) < 4.78 is 31.9. The van der Waals surface area contributed by atoms with Crippen LogP contribution in [0.25, 0.3) is 0 Å². The van der Waals surface area contributed by atoms with E-state index in [2.05, 4.69) is 41.8 Å². The molecule has 0 radical (unpaired) electrons. The monoisotopic (exact) mass is 545 g/mol. The molecule has 0 unspecified atom stereocenters. The number of aromatic nitrogens is 2. The number of carbonyl (C=O) groups is 1. The van der Waals surface area contributed by atoms with E-state index in [0.29, 0.717) is 33.1 Å². The molecule has 2 heterocycles. The number of anilines is 5. The molecule has 11 heteroatoms. The molecule has 178 valence electrons. The maximum absolute atomic E-state index is 12.8. The van der Waals surface area contributed by atoms with Crippen molar-refractivity contribution in [2.24, 2.45) is 0 Å². The number of benzene rings is 2. The Morgan fingerprint density at radius 2 is 1.85 bits per heavy atom. The van der Waals surface area contributed by atoms with Crippen LogP contribution in [0.2, 0.25) is 0 Å². The van der Waals surface area contributed by atoms with Crippen LogP contribution in [0, 0.1) is 0 Å². The Hall–Kier alpha value is -3.18. The number of rotatable bonds is 6. The molecule has 1 amide bonds. The van der Waals surface area contributed by atoms with Crippen LogP contribution in [0.5, 0.6) is 5.75 Å². The molecular weight excluding hydrogens is 522 g/mol. The quantitative estimate of drug-likeness (QED) is 0.394. The molecule has 34 heavy (non-hydrogen) atoms. The van der Waals surface area contributed by atoms with E-state index in [0.717, 1.165) is 0 Å². The van der Waals surface area contributed by atoms with Crippen LogP contribution in [0.1, 0.15) is 27.7 Å². The summed E-state index contributed by atoms with van der Waals surface area (Å²) >= 11 is 3.42. The predicted octanol–water partition coefficient (Wildman–Crippen LogP) is 5.02. The number of hydrogen-bond acceptors (Lipinski definition) is 8. The number of para-hydroxylation sites is 1. The van der Waals surface area contributed by atoms with E-state index in [-0.39, 0.29) is 16.8 Å². The lowest BCUT2D eigenvalue weighted by atomic mass is 10.1. The first-order valence-corrected chi connectivity index (χ1v) is 12.9. The van der Waals surface area contributed by atoms with Gasteiger partial charge in [0.1, 0.15) is 11.6 Å². The molecule has 1 aliphatic heterocycles. The van der Waals surface area contributed by atoms with E-state index in [9.17, 15) is 13.2 Å². The smallest absolute Gasteiger partial charge is 0.268 e. The Kier molecular flexibility index (Phi) is 6.26. The van der Waals surface area contributed by atoms with Crippen LogP contribution in [0.3, 0.4) is 0 Å². The molecule has 0 spiro atoms. The standard InChI is InChI=1S/C23H24BrN5O4S/c1-13(2)34(31,32)19-8-6-5-7-16(19)27-20-15(24)12-25-22(29-20)26-14-9-10-18-17(11-14)28-21(30)23(3,4)33-18/h5-13H,1-4H3,(H,28,30)(H2,25,26,27,29). The first kappa shape index (κ1) is 24.0. The fraction of sp³-hybridized carbons (Fsp3) is 0.261. The van der Waals surface area contributed by atoms with Gasteiger partial charge in [-0.25, -0.2) is 13.4 Å². The molecule has 0 fully saturated rings. The van der Waals surface area contributed by atoms with Crippen molar-refractivity contribution in [3.05, 3.63) is 53.1 Å². The second-order valence-corrected chi connectivity index (χ2v) is 11.8. The summed E-state index contributed by atoms with van der Waals surface area (Å²) in [5.41, 5.74) is 0.644. The zero-order chi connectivity index (χ0) is 24.7. The Morgan fingerprint density at radius 3 is 2.59 bits per heavy atom. The summed E-state index contributed by atoms with van der Waals surface area (Å²) in [6.07, 6.45) is 1.56. The number of halogens is 1. The first-order valence-electron chi connectivity index (χ1n) is 10.5. The van der Waals surface area contributed by atoms with Gasteiger partial charge >= 0.3 is 0 Å². The Balaban J connectivity index is 1.61. The zero-order valence-corrected chi connectivity index (χ0v) is 21.4. The molecule has 0 atom stereocenters. The lowest BCUT2D eigenvalue weighted by Crippen LogP contribution is -2.45. The van der Waals surface area contributed by atoms with Gasteiger partial charge in [-0.2, -0.15) is 4.98 Å². The number of carbonyl (C=O) groups excluding carboxylic acids is 1. The van der Waals surface area contributed by atoms with Gasteiger partial charge in [0.05, 0.1) is 26.0 Å². The summed E-state index contributed by atoms with van der Waals surface area (Å²) in [6, 6.07) is 12.0. The Bertz CT molecular complexity index is 1380. The lowest BCUT2D eigenvalue weighted by molar-refractivity contribution is -0.129. The van der Waals surface area contributed by atoms with Gasteiger partial charge in [0.2, 0.25) is 5.95 Å². The van der Waals surface area contributed by atoms with Gasteiger partial charge in [-0.1, -0.05) is 12.1 Å². The second kappa shape index (κ2) is 8.88.